The quantitative estimate of drug-likeness (QED) is 0.726. The summed E-state index contributed by atoms with van der Waals surface area (Å²) in [7, 11) is 0. The highest BCUT2D eigenvalue weighted by Crippen LogP contribution is 2.08. The van der Waals surface area contributed by atoms with Crippen LogP contribution in [0.2, 0.25) is 0 Å². The summed E-state index contributed by atoms with van der Waals surface area (Å²) in [6.07, 6.45) is 7.56. The third-order valence-electron chi connectivity index (χ3n) is 2.02. The molecule has 0 aliphatic rings. The second-order valence-electron chi connectivity index (χ2n) is 2.96. The summed E-state index contributed by atoms with van der Waals surface area (Å²) in [5.74, 6) is 0. The van der Waals surface area contributed by atoms with Crippen LogP contribution in [0.1, 0.15) is 5.56 Å². The first-order valence-electron chi connectivity index (χ1n) is 4.32. The Hall–Kier alpha value is -1.90. The van der Waals surface area contributed by atoms with E-state index in [1.54, 1.807) is 12.5 Å². The number of nitrogens with zero attached hydrogens (tertiary/aromatic N) is 2. The Morgan fingerprint density at radius 3 is 2.64 bits per heavy atom. The van der Waals surface area contributed by atoms with E-state index < -0.39 is 0 Å². The molecular weight excluding hydrogens is 176 g/mol. The molecule has 3 heteroatoms. The molecule has 0 aliphatic heterocycles. The van der Waals surface area contributed by atoms with Crippen LogP contribution in [0, 0.1) is 0 Å². The lowest BCUT2D eigenvalue weighted by Gasteiger charge is -2.01. The van der Waals surface area contributed by atoms with Crippen LogP contribution in [0.25, 0.3) is 5.69 Å². The minimum absolute atomic E-state index is 0.351. The number of hydrogen-bond donors (Lipinski definition) is 0. The van der Waals surface area contributed by atoms with Gasteiger partial charge in [0.05, 0.1) is 6.33 Å². The Balaban J connectivity index is 2.26. The van der Waals surface area contributed by atoms with Gasteiger partial charge in [-0.25, -0.2) is 4.98 Å². The van der Waals surface area contributed by atoms with Crippen molar-refractivity contribution in [2.75, 3.05) is 0 Å². The molecule has 2 rings (SSSR count). The molecule has 1 heterocycles. The Morgan fingerprint density at radius 1 is 1.29 bits per heavy atom. The van der Waals surface area contributed by atoms with Crippen molar-refractivity contribution in [3.05, 3.63) is 48.5 Å². The van der Waals surface area contributed by atoms with Crippen molar-refractivity contribution >= 4 is 6.29 Å². The molecule has 0 amide bonds. The summed E-state index contributed by atoms with van der Waals surface area (Å²) >= 11 is 0. The van der Waals surface area contributed by atoms with E-state index >= 15 is 0 Å². The normalized spacial score (nSPS) is 10.0. The monoisotopic (exact) mass is 185 g/mol. The molecule has 14 heavy (non-hydrogen) atoms. The minimum atomic E-state index is 0.351. The maximum Gasteiger partial charge on any atom is 0.203 e. The van der Waals surface area contributed by atoms with Gasteiger partial charge in [-0.2, -0.15) is 0 Å². The van der Waals surface area contributed by atoms with Crippen LogP contribution in [-0.4, -0.2) is 15.8 Å². The number of imidazole rings is 1. The highest BCUT2D eigenvalue weighted by atomic mass is 16.1. The molecule has 0 spiro atoms. The molecule has 0 saturated carbocycles. The first kappa shape index (κ1) is 8.69. The van der Waals surface area contributed by atoms with Crippen LogP contribution in [0.3, 0.4) is 0 Å². The van der Waals surface area contributed by atoms with Gasteiger partial charge in [0.2, 0.25) is 6.29 Å². The molecule has 0 aliphatic carbocycles. The standard InChI is InChI=1S/C11H9N2O/c14-8-5-10-1-3-11(4-2-10)13-7-6-12-9-13/h1-4,6-7,9H,5H2. The Labute approximate surface area is 82.0 Å². The predicted molar refractivity (Wildman–Crippen MR) is 53.0 cm³/mol. The fraction of sp³-hybridized carbons (Fsp3) is 0.0909. The zero-order valence-corrected chi connectivity index (χ0v) is 7.55. The highest BCUT2D eigenvalue weighted by molar-refractivity contribution is 5.56. The molecule has 0 N–H and O–H groups in total. The lowest BCUT2D eigenvalue weighted by molar-refractivity contribution is 0.555. The molecule has 0 saturated heterocycles. The number of benzene rings is 1. The maximum atomic E-state index is 10.1. The zero-order chi connectivity index (χ0) is 9.80. The van der Waals surface area contributed by atoms with E-state index in [9.17, 15) is 4.79 Å². The zero-order valence-electron chi connectivity index (χ0n) is 7.55. The van der Waals surface area contributed by atoms with E-state index in [1.165, 1.54) is 0 Å². The second-order valence-corrected chi connectivity index (χ2v) is 2.96. The summed E-state index contributed by atoms with van der Waals surface area (Å²) in [4.78, 5) is 14.1. The van der Waals surface area contributed by atoms with Crippen LogP contribution < -0.4 is 0 Å². The van der Waals surface area contributed by atoms with Crippen molar-refractivity contribution in [3.63, 3.8) is 0 Å². The van der Waals surface area contributed by atoms with Crippen molar-refractivity contribution < 1.29 is 4.79 Å². The summed E-state index contributed by atoms with van der Waals surface area (Å²) in [5, 5.41) is 0. The third kappa shape index (κ3) is 1.71. The van der Waals surface area contributed by atoms with Gasteiger partial charge < -0.3 is 4.57 Å². The van der Waals surface area contributed by atoms with E-state index in [0.29, 0.717) is 6.42 Å². The van der Waals surface area contributed by atoms with Crippen LogP contribution in [-0.2, 0) is 11.2 Å². The van der Waals surface area contributed by atoms with Gasteiger partial charge in [0.1, 0.15) is 0 Å². The van der Waals surface area contributed by atoms with Crippen molar-refractivity contribution in [1.82, 2.24) is 9.55 Å². The van der Waals surface area contributed by atoms with Gasteiger partial charge in [-0.1, -0.05) is 12.1 Å². The summed E-state index contributed by atoms with van der Waals surface area (Å²) in [6, 6.07) is 7.74. The van der Waals surface area contributed by atoms with E-state index in [1.807, 2.05) is 41.3 Å². The molecule has 0 bridgehead atoms. The van der Waals surface area contributed by atoms with E-state index in [-0.39, 0.29) is 0 Å². The molecule has 0 fully saturated rings. The van der Waals surface area contributed by atoms with Gasteiger partial charge in [0.25, 0.3) is 0 Å². The van der Waals surface area contributed by atoms with Crippen LogP contribution >= 0.6 is 0 Å². The van der Waals surface area contributed by atoms with Crippen LogP contribution in [0.5, 0.6) is 0 Å². The minimum Gasteiger partial charge on any atom is -0.306 e. The van der Waals surface area contributed by atoms with Gasteiger partial charge in [0, 0.05) is 24.5 Å². The van der Waals surface area contributed by atoms with E-state index in [2.05, 4.69) is 4.98 Å². The topological polar surface area (TPSA) is 34.9 Å². The Bertz CT molecular complexity index is 403. The molecule has 1 aromatic heterocycles. The Kier molecular flexibility index (Phi) is 2.40. The van der Waals surface area contributed by atoms with Gasteiger partial charge in [0.15, 0.2) is 0 Å². The second kappa shape index (κ2) is 3.87. The number of hydrogen-bond acceptors (Lipinski definition) is 2. The van der Waals surface area contributed by atoms with Crippen molar-refractivity contribution in [1.29, 1.82) is 0 Å². The van der Waals surface area contributed by atoms with E-state index in [4.69, 9.17) is 0 Å². The first-order valence-corrected chi connectivity index (χ1v) is 4.32. The average Bonchev–Trinajstić information content (AvgIpc) is 2.72. The molecule has 3 nitrogen and oxygen atoms in total. The molecule has 69 valence electrons. The SMILES string of the molecule is O=[C]Cc1ccc(-n2ccnc2)cc1. The lowest BCUT2D eigenvalue weighted by atomic mass is 10.1. The summed E-state index contributed by atoms with van der Waals surface area (Å²) in [5.41, 5.74) is 2.01. The molecule has 0 unspecified atom stereocenters. The number of carbonyl (C=O) groups excluding carboxylic acids is 1. The molecule has 2 aromatic rings. The largest absolute Gasteiger partial charge is 0.306 e. The van der Waals surface area contributed by atoms with Gasteiger partial charge >= 0.3 is 0 Å². The van der Waals surface area contributed by atoms with Crippen molar-refractivity contribution in [2.45, 2.75) is 6.42 Å². The van der Waals surface area contributed by atoms with Crippen molar-refractivity contribution in [3.8, 4) is 5.69 Å². The van der Waals surface area contributed by atoms with Crippen LogP contribution in [0.15, 0.2) is 43.0 Å². The van der Waals surface area contributed by atoms with E-state index in [0.717, 1.165) is 11.3 Å². The molecule has 0 atom stereocenters. The fourth-order valence-corrected chi connectivity index (χ4v) is 1.28. The molecule has 1 radical (unpaired) electrons. The number of rotatable bonds is 3. The predicted octanol–water partition coefficient (Wildman–Crippen LogP) is 1.52. The fourth-order valence-electron chi connectivity index (χ4n) is 1.28. The first-order chi connectivity index (χ1) is 6.90. The average molecular weight is 185 g/mol. The van der Waals surface area contributed by atoms with Gasteiger partial charge in [-0.15, -0.1) is 0 Å². The Morgan fingerprint density at radius 2 is 2.07 bits per heavy atom. The number of aromatic nitrogens is 2. The lowest BCUT2D eigenvalue weighted by Crippen LogP contribution is -1.91. The van der Waals surface area contributed by atoms with Crippen molar-refractivity contribution in [2.24, 2.45) is 0 Å². The van der Waals surface area contributed by atoms with Crippen LogP contribution in [0.4, 0.5) is 0 Å². The molecule has 1 aromatic carbocycles. The third-order valence-corrected chi connectivity index (χ3v) is 2.02. The summed E-state index contributed by atoms with van der Waals surface area (Å²) in [6.45, 7) is 0. The van der Waals surface area contributed by atoms with Gasteiger partial charge in [-0.05, 0) is 17.7 Å². The maximum absolute atomic E-state index is 10.1. The highest BCUT2D eigenvalue weighted by Gasteiger charge is 1.95. The van der Waals surface area contributed by atoms with Gasteiger partial charge in [-0.3, -0.25) is 4.79 Å². The smallest absolute Gasteiger partial charge is 0.203 e. The molecular formula is C11H9N2O. The summed E-state index contributed by atoms with van der Waals surface area (Å²) < 4.78 is 1.91.